The second-order valence-electron chi connectivity index (χ2n) is 5.73. The molecular weight excluding hydrogens is 324 g/mol. The van der Waals surface area contributed by atoms with E-state index in [2.05, 4.69) is 10.6 Å². The Labute approximate surface area is 148 Å². The summed E-state index contributed by atoms with van der Waals surface area (Å²) < 4.78 is 5.12. The fourth-order valence-electron chi connectivity index (χ4n) is 2.41. The number of hydrogen-bond acceptors (Lipinski definition) is 3. The Kier molecular flexibility index (Phi) is 6.64. The molecule has 0 aliphatic rings. The standard InChI is InChI=1S/C19H23ClN2O2/c1-13(16-5-4-6-17(20)11-16)22-14(2)19(23)21-12-15-7-9-18(24-3)10-8-15/h4-11,13-14,22H,12H2,1-3H3,(H,21,23)/t13-,14-/m0/s1. The molecule has 0 radical (unpaired) electrons. The summed E-state index contributed by atoms with van der Waals surface area (Å²) in [5, 5.41) is 6.92. The number of ether oxygens (including phenoxy) is 1. The molecule has 2 aromatic carbocycles. The SMILES string of the molecule is COc1ccc(CNC(=O)[C@H](C)N[C@@H](C)c2cccc(Cl)c2)cc1. The van der Waals surface area contributed by atoms with Crippen LogP contribution in [0.15, 0.2) is 48.5 Å². The Morgan fingerprint density at radius 1 is 1.17 bits per heavy atom. The number of carbonyl (C=O) groups excluding carboxylic acids is 1. The molecule has 0 saturated heterocycles. The van der Waals surface area contributed by atoms with Crippen LogP contribution < -0.4 is 15.4 Å². The smallest absolute Gasteiger partial charge is 0.237 e. The third-order valence-corrected chi connectivity index (χ3v) is 4.10. The van der Waals surface area contributed by atoms with Gasteiger partial charge in [-0.15, -0.1) is 0 Å². The maximum absolute atomic E-state index is 12.2. The summed E-state index contributed by atoms with van der Waals surface area (Å²) in [5.74, 6) is 0.759. The van der Waals surface area contributed by atoms with E-state index >= 15 is 0 Å². The Morgan fingerprint density at radius 3 is 2.50 bits per heavy atom. The normalized spacial score (nSPS) is 13.2. The molecular formula is C19H23ClN2O2. The van der Waals surface area contributed by atoms with E-state index in [0.717, 1.165) is 16.9 Å². The van der Waals surface area contributed by atoms with E-state index < -0.39 is 0 Å². The van der Waals surface area contributed by atoms with E-state index in [1.807, 2.05) is 62.4 Å². The molecule has 2 rings (SSSR count). The largest absolute Gasteiger partial charge is 0.497 e. The molecule has 0 spiro atoms. The van der Waals surface area contributed by atoms with Crippen molar-refractivity contribution in [3.05, 3.63) is 64.7 Å². The van der Waals surface area contributed by atoms with Crippen molar-refractivity contribution in [2.75, 3.05) is 7.11 Å². The molecule has 24 heavy (non-hydrogen) atoms. The van der Waals surface area contributed by atoms with Crippen LogP contribution in [0.3, 0.4) is 0 Å². The van der Waals surface area contributed by atoms with Crippen LogP contribution in [0.2, 0.25) is 5.02 Å². The predicted octanol–water partition coefficient (Wildman–Crippen LogP) is 3.70. The summed E-state index contributed by atoms with van der Waals surface area (Å²) in [5.41, 5.74) is 2.08. The summed E-state index contributed by atoms with van der Waals surface area (Å²) in [7, 11) is 1.63. The van der Waals surface area contributed by atoms with Gasteiger partial charge in [0.05, 0.1) is 13.2 Å². The lowest BCUT2D eigenvalue weighted by Gasteiger charge is -2.20. The zero-order chi connectivity index (χ0) is 17.5. The van der Waals surface area contributed by atoms with Crippen LogP contribution in [0.25, 0.3) is 0 Å². The first-order valence-corrected chi connectivity index (χ1v) is 8.29. The molecule has 0 aromatic heterocycles. The highest BCUT2D eigenvalue weighted by atomic mass is 35.5. The van der Waals surface area contributed by atoms with E-state index in [9.17, 15) is 4.79 Å². The maximum Gasteiger partial charge on any atom is 0.237 e. The average Bonchev–Trinajstić information content (AvgIpc) is 2.60. The fraction of sp³-hybridized carbons (Fsp3) is 0.316. The van der Waals surface area contributed by atoms with Gasteiger partial charge in [-0.05, 0) is 49.2 Å². The molecule has 2 aromatic rings. The molecule has 5 heteroatoms. The average molecular weight is 347 g/mol. The van der Waals surface area contributed by atoms with Gasteiger partial charge in [-0.1, -0.05) is 35.9 Å². The second-order valence-corrected chi connectivity index (χ2v) is 6.17. The van der Waals surface area contributed by atoms with E-state index in [4.69, 9.17) is 16.3 Å². The zero-order valence-electron chi connectivity index (χ0n) is 14.2. The van der Waals surface area contributed by atoms with Crippen molar-refractivity contribution in [3.63, 3.8) is 0 Å². The Morgan fingerprint density at radius 2 is 1.88 bits per heavy atom. The van der Waals surface area contributed by atoms with Crippen molar-refractivity contribution < 1.29 is 9.53 Å². The Bertz CT molecular complexity index is 673. The third-order valence-electron chi connectivity index (χ3n) is 3.87. The minimum atomic E-state index is -0.308. The number of halogens is 1. The van der Waals surface area contributed by atoms with Crippen LogP contribution in [0.4, 0.5) is 0 Å². The molecule has 0 aliphatic heterocycles. The van der Waals surface area contributed by atoms with Gasteiger partial charge < -0.3 is 10.1 Å². The number of amides is 1. The van der Waals surface area contributed by atoms with Gasteiger partial charge >= 0.3 is 0 Å². The van der Waals surface area contributed by atoms with Crippen LogP contribution in [-0.2, 0) is 11.3 Å². The number of carbonyl (C=O) groups is 1. The van der Waals surface area contributed by atoms with Crippen molar-refractivity contribution in [2.45, 2.75) is 32.5 Å². The number of hydrogen-bond donors (Lipinski definition) is 2. The molecule has 2 atom stereocenters. The van der Waals surface area contributed by atoms with E-state index in [1.54, 1.807) is 7.11 Å². The van der Waals surface area contributed by atoms with Crippen LogP contribution in [0.5, 0.6) is 5.75 Å². The van der Waals surface area contributed by atoms with E-state index in [0.29, 0.717) is 11.6 Å². The van der Waals surface area contributed by atoms with Crippen LogP contribution in [0.1, 0.15) is 31.0 Å². The number of rotatable bonds is 7. The molecule has 128 valence electrons. The van der Waals surface area contributed by atoms with Crippen molar-refractivity contribution in [1.82, 2.24) is 10.6 Å². The van der Waals surface area contributed by atoms with Crippen molar-refractivity contribution in [1.29, 1.82) is 0 Å². The summed E-state index contributed by atoms with van der Waals surface area (Å²) in [6.45, 7) is 4.35. The topological polar surface area (TPSA) is 50.4 Å². The molecule has 2 N–H and O–H groups in total. The first-order valence-electron chi connectivity index (χ1n) is 7.91. The highest BCUT2D eigenvalue weighted by Crippen LogP contribution is 2.17. The van der Waals surface area contributed by atoms with Gasteiger partial charge in [0.2, 0.25) is 5.91 Å². The highest BCUT2D eigenvalue weighted by Gasteiger charge is 2.16. The zero-order valence-corrected chi connectivity index (χ0v) is 14.9. The molecule has 0 fully saturated rings. The fourth-order valence-corrected chi connectivity index (χ4v) is 2.61. The minimum Gasteiger partial charge on any atom is -0.497 e. The lowest BCUT2D eigenvalue weighted by Crippen LogP contribution is -2.42. The summed E-state index contributed by atoms with van der Waals surface area (Å²) in [6.07, 6.45) is 0. The van der Waals surface area contributed by atoms with Crippen molar-refractivity contribution in [3.8, 4) is 5.75 Å². The molecule has 1 amide bonds. The van der Waals surface area contributed by atoms with Gasteiger partial charge in [0.15, 0.2) is 0 Å². The molecule has 0 bridgehead atoms. The maximum atomic E-state index is 12.2. The summed E-state index contributed by atoms with van der Waals surface area (Å²) in [4.78, 5) is 12.2. The van der Waals surface area contributed by atoms with Crippen LogP contribution in [-0.4, -0.2) is 19.1 Å². The molecule has 0 aliphatic carbocycles. The molecule has 0 saturated carbocycles. The molecule has 0 unspecified atom stereocenters. The van der Waals surface area contributed by atoms with Crippen LogP contribution in [0, 0.1) is 0 Å². The van der Waals surface area contributed by atoms with E-state index in [-0.39, 0.29) is 18.0 Å². The van der Waals surface area contributed by atoms with Gasteiger partial charge in [-0.25, -0.2) is 0 Å². The van der Waals surface area contributed by atoms with Gasteiger partial charge in [-0.2, -0.15) is 0 Å². The van der Waals surface area contributed by atoms with Crippen LogP contribution >= 0.6 is 11.6 Å². The lowest BCUT2D eigenvalue weighted by molar-refractivity contribution is -0.123. The van der Waals surface area contributed by atoms with E-state index in [1.165, 1.54) is 0 Å². The molecule has 4 nitrogen and oxygen atoms in total. The third kappa shape index (κ3) is 5.25. The van der Waals surface area contributed by atoms with Crippen molar-refractivity contribution >= 4 is 17.5 Å². The second kappa shape index (κ2) is 8.71. The predicted molar refractivity (Wildman–Crippen MR) is 97.3 cm³/mol. The van der Waals surface area contributed by atoms with Gasteiger partial charge in [0.25, 0.3) is 0 Å². The number of benzene rings is 2. The Balaban J connectivity index is 1.85. The molecule has 0 heterocycles. The van der Waals surface area contributed by atoms with Gasteiger partial charge in [-0.3, -0.25) is 10.1 Å². The van der Waals surface area contributed by atoms with Crippen molar-refractivity contribution in [2.24, 2.45) is 0 Å². The Hall–Kier alpha value is -2.04. The van der Waals surface area contributed by atoms with Gasteiger partial charge in [0.1, 0.15) is 5.75 Å². The minimum absolute atomic E-state index is 0.0328. The quantitative estimate of drug-likeness (QED) is 0.803. The summed E-state index contributed by atoms with van der Waals surface area (Å²) in [6, 6.07) is 15.0. The monoisotopic (exact) mass is 346 g/mol. The lowest BCUT2D eigenvalue weighted by atomic mass is 10.1. The first kappa shape index (κ1) is 18.3. The summed E-state index contributed by atoms with van der Waals surface area (Å²) >= 11 is 6.01. The highest BCUT2D eigenvalue weighted by molar-refractivity contribution is 6.30. The number of nitrogens with one attached hydrogen (secondary N) is 2. The first-order chi connectivity index (χ1) is 11.5. The number of methoxy groups -OCH3 is 1. The van der Waals surface area contributed by atoms with Gasteiger partial charge in [0, 0.05) is 17.6 Å².